The molecule has 0 bridgehead atoms. The molecule has 0 saturated carbocycles. The van der Waals surface area contributed by atoms with Crippen LogP contribution in [-0.2, 0) is 17.9 Å². The van der Waals surface area contributed by atoms with Crippen LogP contribution >= 0.6 is 0 Å². The largest absolute Gasteiger partial charge is 0.497 e. The van der Waals surface area contributed by atoms with Gasteiger partial charge in [0.05, 0.1) is 13.3 Å². The third kappa shape index (κ3) is 3.70. The second-order valence-electron chi connectivity index (χ2n) is 3.92. The summed E-state index contributed by atoms with van der Waals surface area (Å²) in [6.07, 6.45) is 1.40. The summed E-state index contributed by atoms with van der Waals surface area (Å²) in [6.45, 7) is 0.493. The summed E-state index contributed by atoms with van der Waals surface area (Å²) in [6, 6.07) is 7.47. The van der Waals surface area contributed by atoms with Crippen molar-refractivity contribution in [3.8, 4) is 5.75 Å². The molecule has 0 atom stereocenters. The number of hydrogen-bond acceptors (Lipinski definition) is 5. The van der Waals surface area contributed by atoms with Gasteiger partial charge in [0.1, 0.15) is 12.3 Å². The molecular weight excluding hydrogens is 246 g/mol. The van der Waals surface area contributed by atoms with E-state index in [1.165, 1.54) is 11.0 Å². The average molecular weight is 261 g/mol. The van der Waals surface area contributed by atoms with Gasteiger partial charge in [0.15, 0.2) is 5.82 Å². The van der Waals surface area contributed by atoms with Crippen molar-refractivity contribution in [1.29, 1.82) is 0 Å². The molecule has 2 aromatic rings. The predicted molar refractivity (Wildman–Crippen MR) is 69.3 cm³/mol. The third-order valence-corrected chi connectivity index (χ3v) is 2.49. The van der Waals surface area contributed by atoms with Gasteiger partial charge in [-0.3, -0.25) is 4.79 Å². The van der Waals surface area contributed by atoms with E-state index in [0.29, 0.717) is 12.4 Å². The van der Waals surface area contributed by atoms with Crippen LogP contribution in [0.5, 0.6) is 5.75 Å². The molecule has 7 heteroatoms. The van der Waals surface area contributed by atoms with Gasteiger partial charge in [0.2, 0.25) is 5.91 Å². The second kappa shape index (κ2) is 5.85. The number of nitrogen functional groups attached to an aromatic ring is 1. The highest BCUT2D eigenvalue weighted by Gasteiger charge is 2.05. The molecule has 1 aromatic carbocycles. The summed E-state index contributed by atoms with van der Waals surface area (Å²) in [5, 5.41) is 10.4. The Hall–Kier alpha value is -2.57. The monoisotopic (exact) mass is 261 g/mol. The number of benzene rings is 1. The highest BCUT2D eigenvalue weighted by Crippen LogP contribution is 2.10. The zero-order valence-corrected chi connectivity index (χ0v) is 10.5. The number of carbonyl (C=O) groups excluding carboxylic acids is 1. The molecule has 0 saturated heterocycles. The topological polar surface area (TPSA) is 95.1 Å². The Morgan fingerprint density at radius 3 is 2.74 bits per heavy atom. The Kier molecular flexibility index (Phi) is 3.97. The minimum Gasteiger partial charge on any atom is -0.497 e. The van der Waals surface area contributed by atoms with E-state index in [4.69, 9.17) is 10.5 Å². The van der Waals surface area contributed by atoms with Crippen LogP contribution in [-0.4, -0.2) is 28.0 Å². The lowest BCUT2D eigenvalue weighted by Crippen LogP contribution is -2.28. The van der Waals surface area contributed by atoms with Crippen LogP contribution in [0.15, 0.2) is 30.5 Å². The van der Waals surface area contributed by atoms with E-state index >= 15 is 0 Å². The molecule has 2 rings (SSSR count). The number of carbonyl (C=O) groups is 1. The van der Waals surface area contributed by atoms with E-state index in [-0.39, 0.29) is 12.5 Å². The van der Waals surface area contributed by atoms with E-state index in [0.717, 1.165) is 11.3 Å². The molecule has 1 aromatic heterocycles. The molecule has 1 heterocycles. The van der Waals surface area contributed by atoms with Gasteiger partial charge in [-0.25, -0.2) is 0 Å². The molecule has 100 valence electrons. The fourth-order valence-corrected chi connectivity index (χ4v) is 1.52. The zero-order chi connectivity index (χ0) is 13.7. The van der Waals surface area contributed by atoms with Crippen molar-refractivity contribution >= 4 is 11.7 Å². The summed E-state index contributed by atoms with van der Waals surface area (Å²) in [5.41, 5.74) is 6.40. The third-order valence-electron chi connectivity index (χ3n) is 2.49. The van der Waals surface area contributed by atoms with E-state index < -0.39 is 0 Å². The van der Waals surface area contributed by atoms with Crippen LogP contribution in [0.2, 0.25) is 0 Å². The molecular formula is C12H15N5O2. The highest BCUT2D eigenvalue weighted by molar-refractivity contribution is 5.75. The van der Waals surface area contributed by atoms with Crippen molar-refractivity contribution in [3.05, 3.63) is 36.0 Å². The van der Waals surface area contributed by atoms with Crippen LogP contribution < -0.4 is 15.8 Å². The normalized spacial score (nSPS) is 10.2. The zero-order valence-electron chi connectivity index (χ0n) is 10.5. The number of nitrogens with one attached hydrogen (secondary N) is 1. The number of rotatable bonds is 5. The highest BCUT2D eigenvalue weighted by atomic mass is 16.5. The Morgan fingerprint density at radius 1 is 1.42 bits per heavy atom. The molecule has 0 aliphatic rings. The Bertz CT molecular complexity index is 550. The number of aromatic nitrogens is 3. The number of ether oxygens (including phenoxy) is 1. The predicted octanol–water partition coefficient (Wildman–Crippen LogP) is 0.185. The van der Waals surface area contributed by atoms with Gasteiger partial charge in [-0.2, -0.15) is 9.90 Å². The smallest absolute Gasteiger partial charge is 0.243 e. The fourth-order valence-electron chi connectivity index (χ4n) is 1.52. The Balaban J connectivity index is 1.82. The van der Waals surface area contributed by atoms with E-state index in [1.54, 1.807) is 7.11 Å². The SMILES string of the molecule is COc1ccc(CNC(=O)Cn2ncc(N)n2)cc1. The molecule has 3 N–H and O–H groups in total. The molecule has 0 spiro atoms. The van der Waals surface area contributed by atoms with Gasteiger partial charge in [0, 0.05) is 6.54 Å². The van der Waals surface area contributed by atoms with Gasteiger partial charge in [-0.15, -0.1) is 5.10 Å². The lowest BCUT2D eigenvalue weighted by atomic mass is 10.2. The molecule has 19 heavy (non-hydrogen) atoms. The van der Waals surface area contributed by atoms with E-state index in [1.807, 2.05) is 24.3 Å². The van der Waals surface area contributed by atoms with E-state index in [2.05, 4.69) is 15.5 Å². The van der Waals surface area contributed by atoms with Crippen molar-refractivity contribution in [2.45, 2.75) is 13.1 Å². The van der Waals surface area contributed by atoms with Gasteiger partial charge in [0.25, 0.3) is 0 Å². The first-order valence-corrected chi connectivity index (χ1v) is 5.72. The van der Waals surface area contributed by atoms with Gasteiger partial charge in [-0.05, 0) is 17.7 Å². The Morgan fingerprint density at radius 2 is 2.16 bits per heavy atom. The first kappa shape index (κ1) is 12.9. The molecule has 0 aliphatic heterocycles. The first-order valence-electron chi connectivity index (χ1n) is 5.72. The maximum Gasteiger partial charge on any atom is 0.243 e. The second-order valence-corrected chi connectivity index (χ2v) is 3.92. The minimum atomic E-state index is -0.175. The van der Waals surface area contributed by atoms with E-state index in [9.17, 15) is 4.79 Å². The van der Waals surface area contributed by atoms with Crippen LogP contribution in [0.25, 0.3) is 0 Å². The first-order chi connectivity index (χ1) is 9.17. The average Bonchev–Trinajstić information content (AvgIpc) is 2.82. The van der Waals surface area contributed by atoms with Crippen molar-refractivity contribution in [3.63, 3.8) is 0 Å². The van der Waals surface area contributed by atoms with Crippen LogP contribution in [0.3, 0.4) is 0 Å². The molecule has 7 nitrogen and oxygen atoms in total. The number of methoxy groups -OCH3 is 1. The molecule has 0 radical (unpaired) electrons. The number of nitrogens with two attached hydrogens (primary N) is 1. The number of hydrogen-bond donors (Lipinski definition) is 2. The molecule has 0 aliphatic carbocycles. The van der Waals surface area contributed by atoms with Gasteiger partial charge < -0.3 is 15.8 Å². The summed E-state index contributed by atoms with van der Waals surface area (Å²) in [5.74, 6) is 0.903. The Labute approximate surface area is 110 Å². The molecule has 0 fully saturated rings. The summed E-state index contributed by atoms with van der Waals surface area (Å²) >= 11 is 0. The van der Waals surface area contributed by atoms with Crippen LogP contribution in [0, 0.1) is 0 Å². The lowest BCUT2D eigenvalue weighted by Gasteiger charge is -2.06. The number of anilines is 1. The van der Waals surface area contributed by atoms with Crippen molar-refractivity contribution in [1.82, 2.24) is 20.3 Å². The lowest BCUT2D eigenvalue weighted by molar-refractivity contribution is -0.122. The quantitative estimate of drug-likeness (QED) is 0.800. The fraction of sp³-hybridized carbons (Fsp3) is 0.250. The van der Waals surface area contributed by atoms with Gasteiger partial charge >= 0.3 is 0 Å². The minimum absolute atomic E-state index is 0.0490. The summed E-state index contributed by atoms with van der Waals surface area (Å²) in [7, 11) is 1.61. The van der Waals surface area contributed by atoms with Gasteiger partial charge in [-0.1, -0.05) is 12.1 Å². The maximum absolute atomic E-state index is 11.6. The van der Waals surface area contributed by atoms with Crippen molar-refractivity contribution in [2.75, 3.05) is 12.8 Å². The maximum atomic E-state index is 11.6. The number of amides is 1. The molecule has 1 amide bonds. The van der Waals surface area contributed by atoms with Crippen LogP contribution in [0.1, 0.15) is 5.56 Å². The van der Waals surface area contributed by atoms with Crippen LogP contribution in [0.4, 0.5) is 5.82 Å². The number of nitrogens with zero attached hydrogens (tertiary/aromatic N) is 3. The molecule has 0 unspecified atom stereocenters. The standard InChI is InChI=1S/C12H15N5O2/c1-19-10-4-2-9(3-5-10)6-14-12(18)8-17-15-7-11(13)16-17/h2-5,7H,6,8H2,1H3,(H2,13,16)(H,14,18). The summed E-state index contributed by atoms with van der Waals surface area (Å²) in [4.78, 5) is 12.9. The van der Waals surface area contributed by atoms with Crippen molar-refractivity contribution < 1.29 is 9.53 Å². The van der Waals surface area contributed by atoms with Crippen molar-refractivity contribution in [2.24, 2.45) is 0 Å². The summed E-state index contributed by atoms with van der Waals surface area (Å²) < 4.78 is 5.06.